The number of rotatable bonds is 0. The fraction of sp³-hybridized carbons (Fsp3) is 0.294. The summed E-state index contributed by atoms with van der Waals surface area (Å²) in [5.74, 6) is 0. The van der Waals surface area contributed by atoms with Gasteiger partial charge in [0, 0.05) is 24.3 Å². The molecule has 3 aromatic rings. The standard InChI is InChI=1S/C17H18S/c1-11-9-10-13-12-7-5-6-8-14(12)18-16(13)15(11)17(2,3)4/h5-10H,1-4H3/i1D3. The molecule has 0 saturated carbocycles. The van der Waals surface area contributed by atoms with E-state index in [2.05, 4.69) is 32.9 Å². The lowest BCUT2D eigenvalue weighted by molar-refractivity contribution is 0.593. The Morgan fingerprint density at radius 2 is 1.78 bits per heavy atom. The highest BCUT2D eigenvalue weighted by atomic mass is 32.1. The third-order valence-corrected chi connectivity index (χ3v) is 4.50. The van der Waals surface area contributed by atoms with Crippen LogP contribution in [0.25, 0.3) is 20.2 Å². The summed E-state index contributed by atoms with van der Waals surface area (Å²) in [6.07, 6.45) is 0. The zero-order chi connectivity index (χ0) is 15.4. The Labute approximate surface area is 116 Å². The zero-order valence-corrected chi connectivity index (χ0v) is 11.7. The summed E-state index contributed by atoms with van der Waals surface area (Å²) >= 11 is 1.70. The molecule has 0 aliphatic carbocycles. The van der Waals surface area contributed by atoms with Gasteiger partial charge in [0.05, 0.1) is 0 Å². The quantitative estimate of drug-likeness (QED) is 0.487. The molecule has 0 spiro atoms. The van der Waals surface area contributed by atoms with Crippen LogP contribution in [-0.2, 0) is 5.41 Å². The van der Waals surface area contributed by atoms with E-state index in [0.29, 0.717) is 5.56 Å². The van der Waals surface area contributed by atoms with Gasteiger partial charge in [-0.25, -0.2) is 0 Å². The molecule has 0 radical (unpaired) electrons. The van der Waals surface area contributed by atoms with Crippen LogP contribution < -0.4 is 0 Å². The molecule has 1 heteroatoms. The molecule has 0 nitrogen and oxygen atoms in total. The Balaban J connectivity index is 2.50. The predicted molar refractivity (Wildman–Crippen MR) is 82.8 cm³/mol. The lowest BCUT2D eigenvalue weighted by Crippen LogP contribution is -2.13. The Hall–Kier alpha value is -1.34. The molecule has 0 amide bonds. The average molecular weight is 257 g/mol. The molecular formula is C17H18S. The Kier molecular flexibility index (Phi) is 1.85. The summed E-state index contributed by atoms with van der Waals surface area (Å²) in [6.45, 7) is 4.18. The van der Waals surface area contributed by atoms with Crippen molar-refractivity contribution in [3.05, 3.63) is 47.5 Å². The second kappa shape index (κ2) is 3.83. The molecule has 0 N–H and O–H groups in total. The van der Waals surface area contributed by atoms with Gasteiger partial charge in [-0.15, -0.1) is 11.3 Å². The van der Waals surface area contributed by atoms with Crippen molar-refractivity contribution in [3.8, 4) is 0 Å². The van der Waals surface area contributed by atoms with E-state index in [-0.39, 0.29) is 5.41 Å². The molecule has 0 fully saturated rings. The number of hydrogen-bond acceptors (Lipinski definition) is 1. The van der Waals surface area contributed by atoms with E-state index in [9.17, 15) is 0 Å². The highest BCUT2D eigenvalue weighted by Crippen LogP contribution is 2.41. The first-order chi connectivity index (χ1) is 9.69. The second-order valence-electron chi connectivity index (χ2n) is 5.71. The van der Waals surface area contributed by atoms with Gasteiger partial charge in [0.25, 0.3) is 0 Å². The van der Waals surface area contributed by atoms with Crippen molar-refractivity contribution in [1.29, 1.82) is 0 Å². The van der Waals surface area contributed by atoms with Gasteiger partial charge >= 0.3 is 0 Å². The molecule has 1 aromatic heterocycles. The van der Waals surface area contributed by atoms with Crippen LogP contribution in [0.1, 0.15) is 36.0 Å². The van der Waals surface area contributed by atoms with Gasteiger partial charge in [-0.1, -0.05) is 51.1 Å². The van der Waals surface area contributed by atoms with E-state index in [1.807, 2.05) is 18.2 Å². The maximum atomic E-state index is 7.84. The van der Waals surface area contributed by atoms with E-state index >= 15 is 0 Å². The van der Waals surface area contributed by atoms with Crippen molar-refractivity contribution in [2.45, 2.75) is 33.0 Å². The maximum absolute atomic E-state index is 7.84. The van der Waals surface area contributed by atoms with Crippen LogP contribution >= 0.6 is 11.3 Å². The molecular weight excluding hydrogens is 236 g/mol. The van der Waals surface area contributed by atoms with Crippen LogP contribution in [-0.4, -0.2) is 0 Å². The third kappa shape index (κ3) is 1.65. The average Bonchev–Trinajstić information content (AvgIpc) is 2.73. The first-order valence-electron chi connectivity index (χ1n) is 7.65. The third-order valence-electron chi connectivity index (χ3n) is 3.30. The highest BCUT2D eigenvalue weighted by molar-refractivity contribution is 7.26. The molecule has 92 valence electrons. The first-order valence-corrected chi connectivity index (χ1v) is 6.96. The Morgan fingerprint density at radius 3 is 2.50 bits per heavy atom. The minimum Gasteiger partial charge on any atom is -0.135 e. The SMILES string of the molecule is [2H]C([2H])([2H])c1ccc2c(sc3ccccc32)c1C(C)(C)C. The number of fused-ring (bicyclic) bond motifs is 3. The molecule has 0 aliphatic rings. The van der Waals surface area contributed by atoms with Crippen LogP contribution in [0.15, 0.2) is 36.4 Å². The first kappa shape index (κ1) is 8.71. The van der Waals surface area contributed by atoms with Crippen LogP contribution in [0, 0.1) is 6.85 Å². The van der Waals surface area contributed by atoms with E-state index in [4.69, 9.17) is 4.11 Å². The van der Waals surface area contributed by atoms with E-state index in [1.165, 1.54) is 10.1 Å². The number of benzene rings is 2. The van der Waals surface area contributed by atoms with Crippen LogP contribution in [0.5, 0.6) is 0 Å². The van der Waals surface area contributed by atoms with Crippen LogP contribution in [0.3, 0.4) is 0 Å². The summed E-state index contributed by atoms with van der Waals surface area (Å²) in [5, 5.41) is 2.37. The molecule has 0 aliphatic heterocycles. The lowest BCUT2D eigenvalue weighted by atomic mass is 9.83. The van der Waals surface area contributed by atoms with Gasteiger partial charge in [-0.2, -0.15) is 0 Å². The predicted octanol–water partition coefficient (Wildman–Crippen LogP) is 5.66. The normalized spacial score (nSPS) is 15.6. The topological polar surface area (TPSA) is 0 Å². The molecule has 0 saturated heterocycles. The van der Waals surface area contributed by atoms with Gasteiger partial charge < -0.3 is 0 Å². The molecule has 3 rings (SSSR count). The smallest absolute Gasteiger partial charge is 0.0395 e. The van der Waals surface area contributed by atoms with E-state index in [1.54, 1.807) is 17.4 Å². The molecule has 1 heterocycles. The molecule has 2 aromatic carbocycles. The fourth-order valence-electron chi connectivity index (χ4n) is 2.53. The number of aryl methyl sites for hydroxylation is 1. The summed E-state index contributed by atoms with van der Waals surface area (Å²) in [4.78, 5) is 0. The monoisotopic (exact) mass is 257 g/mol. The minimum absolute atomic E-state index is 0.204. The van der Waals surface area contributed by atoms with Gasteiger partial charge in [0.15, 0.2) is 0 Å². The van der Waals surface area contributed by atoms with E-state index in [0.717, 1.165) is 15.6 Å². The van der Waals surface area contributed by atoms with Gasteiger partial charge in [-0.05, 0) is 29.5 Å². The van der Waals surface area contributed by atoms with Crippen molar-refractivity contribution in [2.24, 2.45) is 0 Å². The van der Waals surface area contributed by atoms with Gasteiger partial charge in [-0.3, -0.25) is 0 Å². The lowest BCUT2D eigenvalue weighted by Gasteiger charge is -2.22. The van der Waals surface area contributed by atoms with Crippen molar-refractivity contribution < 1.29 is 4.11 Å². The van der Waals surface area contributed by atoms with E-state index < -0.39 is 6.85 Å². The minimum atomic E-state index is -2.08. The van der Waals surface area contributed by atoms with Crippen molar-refractivity contribution in [1.82, 2.24) is 0 Å². The van der Waals surface area contributed by atoms with Gasteiger partial charge in [0.2, 0.25) is 0 Å². The molecule has 0 atom stereocenters. The van der Waals surface area contributed by atoms with Crippen LogP contribution in [0.2, 0.25) is 0 Å². The van der Waals surface area contributed by atoms with Crippen molar-refractivity contribution in [3.63, 3.8) is 0 Å². The summed E-state index contributed by atoms with van der Waals surface area (Å²) in [5.41, 5.74) is 1.24. The number of thiophene rings is 1. The molecule has 18 heavy (non-hydrogen) atoms. The summed E-state index contributed by atoms with van der Waals surface area (Å²) in [6, 6.07) is 12.0. The van der Waals surface area contributed by atoms with Gasteiger partial charge in [0.1, 0.15) is 0 Å². The molecule has 0 unspecified atom stereocenters. The largest absolute Gasteiger partial charge is 0.135 e. The fourth-order valence-corrected chi connectivity index (χ4v) is 3.99. The summed E-state index contributed by atoms with van der Waals surface area (Å²) < 4.78 is 25.8. The summed E-state index contributed by atoms with van der Waals surface area (Å²) in [7, 11) is 0. The molecule has 0 bridgehead atoms. The highest BCUT2D eigenvalue weighted by Gasteiger charge is 2.21. The second-order valence-corrected chi connectivity index (χ2v) is 6.77. The Bertz CT molecular complexity index is 820. The number of hydrogen-bond donors (Lipinski definition) is 0. The Morgan fingerprint density at radius 1 is 1.00 bits per heavy atom. The van der Waals surface area contributed by atoms with Crippen molar-refractivity contribution in [2.75, 3.05) is 0 Å². The maximum Gasteiger partial charge on any atom is 0.0395 e. The zero-order valence-electron chi connectivity index (χ0n) is 13.9. The van der Waals surface area contributed by atoms with Crippen molar-refractivity contribution >= 4 is 31.5 Å². The van der Waals surface area contributed by atoms with Crippen LogP contribution in [0.4, 0.5) is 0 Å².